The summed E-state index contributed by atoms with van der Waals surface area (Å²) in [5, 5.41) is 7.07. The van der Waals surface area contributed by atoms with Crippen LogP contribution in [0.15, 0.2) is 35.3 Å². The Bertz CT molecular complexity index is 537. The third kappa shape index (κ3) is 5.21. The summed E-state index contributed by atoms with van der Waals surface area (Å²) in [6.07, 6.45) is 6.43. The summed E-state index contributed by atoms with van der Waals surface area (Å²) in [4.78, 5) is 4.90. The highest BCUT2D eigenvalue weighted by atomic mass is 16.5. The van der Waals surface area contributed by atoms with Gasteiger partial charge in [-0.2, -0.15) is 0 Å². The van der Waals surface area contributed by atoms with Gasteiger partial charge in [0, 0.05) is 31.7 Å². The summed E-state index contributed by atoms with van der Waals surface area (Å²) in [5.74, 6) is 2.31. The molecule has 1 aliphatic carbocycles. The highest BCUT2D eigenvalue weighted by Crippen LogP contribution is 2.34. The molecule has 0 radical (unpaired) electrons. The van der Waals surface area contributed by atoms with Gasteiger partial charge in [0.2, 0.25) is 0 Å². The van der Waals surface area contributed by atoms with Crippen molar-refractivity contribution < 1.29 is 4.74 Å². The lowest BCUT2D eigenvalue weighted by Crippen LogP contribution is -2.45. The molecule has 0 amide bonds. The van der Waals surface area contributed by atoms with Crippen molar-refractivity contribution >= 4 is 5.96 Å². The number of rotatable bonds is 5. The summed E-state index contributed by atoms with van der Waals surface area (Å²) < 4.78 is 6.00. The fourth-order valence-electron chi connectivity index (χ4n) is 3.96. The minimum absolute atomic E-state index is 0.184. The molecule has 4 heteroatoms. The molecule has 1 heterocycles. The molecule has 1 aromatic rings. The molecule has 138 valence electrons. The largest absolute Gasteiger partial charge is 0.373 e. The highest BCUT2D eigenvalue weighted by Gasteiger charge is 2.29. The average Bonchev–Trinajstić information content (AvgIpc) is 3.11. The Morgan fingerprint density at radius 2 is 1.88 bits per heavy atom. The Hall–Kier alpha value is -1.55. The maximum atomic E-state index is 6.00. The summed E-state index contributed by atoms with van der Waals surface area (Å²) in [6, 6.07) is 11.1. The first-order valence-electron chi connectivity index (χ1n) is 9.97. The average molecular weight is 344 g/mol. The number of hydrogen-bond donors (Lipinski definition) is 2. The summed E-state index contributed by atoms with van der Waals surface area (Å²) >= 11 is 0. The smallest absolute Gasteiger partial charge is 0.191 e. The van der Waals surface area contributed by atoms with Crippen LogP contribution in [0.2, 0.25) is 0 Å². The third-order valence-electron chi connectivity index (χ3n) is 5.53. The predicted octanol–water partition coefficient (Wildman–Crippen LogP) is 3.90. The number of aliphatic imine (C=N–C) groups is 1. The summed E-state index contributed by atoms with van der Waals surface area (Å²) in [6.45, 7) is 7.05. The lowest BCUT2D eigenvalue weighted by molar-refractivity contribution is 0.0925. The van der Waals surface area contributed by atoms with E-state index >= 15 is 0 Å². The van der Waals surface area contributed by atoms with Gasteiger partial charge in [-0.1, -0.05) is 37.3 Å². The second-order valence-corrected chi connectivity index (χ2v) is 7.57. The van der Waals surface area contributed by atoms with Gasteiger partial charge in [0.25, 0.3) is 0 Å². The zero-order valence-electron chi connectivity index (χ0n) is 15.7. The van der Waals surface area contributed by atoms with Crippen molar-refractivity contribution in [3.05, 3.63) is 35.9 Å². The molecule has 0 bridgehead atoms. The van der Waals surface area contributed by atoms with Crippen LogP contribution in [0.1, 0.15) is 57.6 Å². The van der Waals surface area contributed by atoms with E-state index in [0.29, 0.717) is 12.0 Å². The highest BCUT2D eigenvalue weighted by molar-refractivity contribution is 5.80. The van der Waals surface area contributed by atoms with Crippen molar-refractivity contribution in [2.45, 2.75) is 58.1 Å². The van der Waals surface area contributed by atoms with E-state index in [2.05, 4.69) is 54.8 Å². The van der Waals surface area contributed by atoms with Gasteiger partial charge in [-0.25, -0.2) is 0 Å². The lowest BCUT2D eigenvalue weighted by Gasteiger charge is -2.28. The Morgan fingerprint density at radius 1 is 1.12 bits per heavy atom. The van der Waals surface area contributed by atoms with Crippen LogP contribution >= 0.6 is 0 Å². The van der Waals surface area contributed by atoms with E-state index < -0.39 is 0 Å². The van der Waals surface area contributed by atoms with Gasteiger partial charge >= 0.3 is 0 Å². The molecule has 25 heavy (non-hydrogen) atoms. The van der Waals surface area contributed by atoms with Gasteiger partial charge in [-0.05, 0) is 50.5 Å². The Labute approximate surface area is 152 Å². The molecule has 1 saturated carbocycles. The van der Waals surface area contributed by atoms with Crippen molar-refractivity contribution in [3.8, 4) is 0 Å². The fraction of sp³-hybridized carbons (Fsp3) is 0.667. The van der Waals surface area contributed by atoms with E-state index in [4.69, 9.17) is 9.73 Å². The van der Waals surface area contributed by atoms with Crippen LogP contribution in [0.25, 0.3) is 0 Å². The SMILES string of the molecule is CCNC(=NCC1CCOC1c1ccccc1)NC1CCC(C)CC1. The van der Waals surface area contributed by atoms with E-state index in [-0.39, 0.29) is 6.10 Å². The zero-order valence-corrected chi connectivity index (χ0v) is 15.7. The van der Waals surface area contributed by atoms with Crippen LogP contribution in [-0.2, 0) is 4.74 Å². The van der Waals surface area contributed by atoms with E-state index in [0.717, 1.165) is 38.0 Å². The number of guanidine groups is 1. The number of benzene rings is 1. The third-order valence-corrected chi connectivity index (χ3v) is 5.53. The summed E-state index contributed by atoms with van der Waals surface area (Å²) in [7, 11) is 0. The second kappa shape index (κ2) is 9.23. The van der Waals surface area contributed by atoms with Gasteiger partial charge in [0.1, 0.15) is 0 Å². The molecule has 0 aromatic heterocycles. The second-order valence-electron chi connectivity index (χ2n) is 7.57. The van der Waals surface area contributed by atoms with E-state index in [1.807, 2.05) is 0 Å². The van der Waals surface area contributed by atoms with Gasteiger partial charge in [0.05, 0.1) is 6.10 Å². The molecule has 2 atom stereocenters. The van der Waals surface area contributed by atoms with Gasteiger partial charge < -0.3 is 15.4 Å². The van der Waals surface area contributed by atoms with Crippen LogP contribution in [0.5, 0.6) is 0 Å². The summed E-state index contributed by atoms with van der Waals surface area (Å²) in [5.41, 5.74) is 1.28. The minimum atomic E-state index is 0.184. The molecule has 0 spiro atoms. The Balaban J connectivity index is 1.58. The maximum Gasteiger partial charge on any atom is 0.191 e. The molecule has 1 saturated heterocycles. The first kappa shape index (κ1) is 18.2. The molecular weight excluding hydrogens is 310 g/mol. The molecule has 3 rings (SSSR count). The molecule has 2 N–H and O–H groups in total. The number of nitrogens with one attached hydrogen (secondary N) is 2. The zero-order chi connectivity index (χ0) is 17.5. The molecule has 4 nitrogen and oxygen atoms in total. The van der Waals surface area contributed by atoms with Crippen LogP contribution in [0, 0.1) is 11.8 Å². The van der Waals surface area contributed by atoms with E-state index in [9.17, 15) is 0 Å². The molecule has 1 aromatic carbocycles. The monoisotopic (exact) mass is 343 g/mol. The first-order chi connectivity index (χ1) is 12.3. The topological polar surface area (TPSA) is 45.7 Å². The van der Waals surface area contributed by atoms with E-state index in [1.54, 1.807) is 0 Å². The first-order valence-corrected chi connectivity index (χ1v) is 9.97. The van der Waals surface area contributed by atoms with E-state index in [1.165, 1.54) is 31.2 Å². The Morgan fingerprint density at radius 3 is 2.60 bits per heavy atom. The minimum Gasteiger partial charge on any atom is -0.373 e. The van der Waals surface area contributed by atoms with Crippen LogP contribution in [0.4, 0.5) is 0 Å². The number of nitrogens with zero attached hydrogens (tertiary/aromatic N) is 1. The van der Waals surface area contributed by atoms with Gasteiger partial charge in [-0.15, -0.1) is 0 Å². The van der Waals surface area contributed by atoms with Crippen molar-refractivity contribution in [1.82, 2.24) is 10.6 Å². The number of hydrogen-bond acceptors (Lipinski definition) is 2. The Kier molecular flexibility index (Phi) is 6.74. The molecule has 2 fully saturated rings. The molecule has 2 unspecified atom stereocenters. The van der Waals surface area contributed by atoms with Crippen LogP contribution in [-0.4, -0.2) is 31.7 Å². The van der Waals surface area contributed by atoms with Crippen molar-refractivity contribution in [1.29, 1.82) is 0 Å². The number of ether oxygens (including phenoxy) is 1. The molecule has 1 aliphatic heterocycles. The molecular formula is C21H33N3O. The lowest BCUT2D eigenvalue weighted by atomic mass is 9.87. The quantitative estimate of drug-likeness (QED) is 0.630. The van der Waals surface area contributed by atoms with Crippen molar-refractivity contribution in [2.24, 2.45) is 16.8 Å². The molecule has 2 aliphatic rings. The standard InChI is InChI=1S/C21H33N3O/c1-3-22-21(24-19-11-9-16(2)10-12-19)23-15-18-13-14-25-20(18)17-7-5-4-6-8-17/h4-8,16,18-20H,3,9-15H2,1-2H3,(H2,22,23,24). The normalized spacial score (nSPS) is 30.2. The predicted molar refractivity (Wildman–Crippen MR) is 104 cm³/mol. The van der Waals surface area contributed by atoms with Gasteiger partial charge in [0.15, 0.2) is 5.96 Å². The maximum absolute atomic E-state index is 6.00. The van der Waals surface area contributed by atoms with Crippen LogP contribution in [0.3, 0.4) is 0 Å². The van der Waals surface area contributed by atoms with Gasteiger partial charge in [-0.3, -0.25) is 4.99 Å². The fourth-order valence-corrected chi connectivity index (χ4v) is 3.96. The van der Waals surface area contributed by atoms with Crippen molar-refractivity contribution in [3.63, 3.8) is 0 Å². The van der Waals surface area contributed by atoms with Crippen molar-refractivity contribution in [2.75, 3.05) is 19.7 Å². The van der Waals surface area contributed by atoms with Crippen LogP contribution < -0.4 is 10.6 Å².